The molecule has 5 nitrogen and oxygen atoms in total. The van der Waals surface area contributed by atoms with Crippen LogP contribution in [0.1, 0.15) is 39.9 Å². The molecule has 2 aliphatic heterocycles. The van der Waals surface area contributed by atoms with E-state index in [-0.39, 0.29) is 11.6 Å². The molecule has 0 bridgehead atoms. The van der Waals surface area contributed by atoms with Gasteiger partial charge in [-0.3, -0.25) is 14.6 Å². The van der Waals surface area contributed by atoms with E-state index in [9.17, 15) is 9.59 Å². The minimum Gasteiger partial charge on any atom is -0.476 e. The van der Waals surface area contributed by atoms with Crippen molar-refractivity contribution in [2.24, 2.45) is 0 Å². The zero-order valence-corrected chi connectivity index (χ0v) is 15.4. The van der Waals surface area contributed by atoms with Crippen LogP contribution in [0.5, 0.6) is 0 Å². The Morgan fingerprint density at radius 3 is 2.64 bits per heavy atom. The molecule has 0 saturated carbocycles. The molecular weight excluding hydrogens is 352 g/mol. The number of carbonyl (C=O) groups is 2. The van der Waals surface area contributed by atoms with Gasteiger partial charge < -0.3 is 10.1 Å². The van der Waals surface area contributed by atoms with Crippen molar-refractivity contribution < 1.29 is 14.3 Å². The van der Waals surface area contributed by atoms with Gasteiger partial charge in [-0.15, -0.1) is 0 Å². The maximum atomic E-state index is 13.4. The van der Waals surface area contributed by atoms with E-state index in [1.165, 1.54) is 0 Å². The van der Waals surface area contributed by atoms with E-state index in [0.717, 1.165) is 53.8 Å². The van der Waals surface area contributed by atoms with Crippen molar-refractivity contribution >= 4 is 22.9 Å². The van der Waals surface area contributed by atoms with Gasteiger partial charge in [0.1, 0.15) is 5.76 Å². The molecule has 1 N–H and O–H groups in total. The van der Waals surface area contributed by atoms with Crippen LogP contribution in [0.4, 0.5) is 0 Å². The number of hydrogen-bond acceptors (Lipinski definition) is 5. The lowest BCUT2D eigenvalue weighted by Crippen LogP contribution is -2.29. The summed E-state index contributed by atoms with van der Waals surface area (Å²) in [6.45, 7) is 1.60. The fourth-order valence-electron chi connectivity index (χ4n) is 4.20. The number of ether oxygens (including phenoxy) is 1. The number of aromatic nitrogens is 1. The minimum atomic E-state index is -0.574. The van der Waals surface area contributed by atoms with Crippen molar-refractivity contribution in [3.63, 3.8) is 0 Å². The third-order valence-electron chi connectivity index (χ3n) is 5.64. The zero-order chi connectivity index (χ0) is 19.1. The summed E-state index contributed by atoms with van der Waals surface area (Å²) in [5.41, 5.74) is 5.08. The summed E-state index contributed by atoms with van der Waals surface area (Å²) in [4.78, 5) is 29.5. The average Bonchev–Trinajstić information content (AvgIpc) is 3.29. The highest BCUT2D eigenvalue weighted by atomic mass is 16.5. The fourth-order valence-corrected chi connectivity index (χ4v) is 4.20. The fraction of sp³-hybridized carbons (Fsp3) is 0.261. The van der Waals surface area contributed by atoms with Crippen molar-refractivity contribution in [1.82, 2.24) is 10.3 Å². The number of aryl methyl sites for hydroxylation is 1. The molecule has 1 atom stereocenters. The molecule has 1 aromatic heterocycles. The van der Waals surface area contributed by atoms with Gasteiger partial charge in [0, 0.05) is 36.5 Å². The molecule has 0 amide bonds. The smallest absolute Gasteiger partial charge is 0.211 e. The molecule has 2 aromatic rings. The Hall–Kier alpha value is -3.05. The van der Waals surface area contributed by atoms with E-state index >= 15 is 0 Å². The predicted octanol–water partition coefficient (Wildman–Crippen LogP) is 2.97. The first-order valence-corrected chi connectivity index (χ1v) is 9.64. The van der Waals surface area contributed by atoms with Gasteiger partial charge in [0.25, 0.3) is 0 Å². The second kappa shape index (κ2) is 6.84. The summed E-state index contributed by atoms with van der Waals surface area (Å²) >= 11 is 0. The van der Waals surface area contributed by atoms with E-state index < -0.39 is 6.10 Å². The molecular formula is C23H20N2O3. The Balaban J connectivity index is 1.61. The van der Waals surface area contributed by atoms with Crippen LogP contribution in [0.3, 0.4) is 0 Å². The zero-order valence-electron chi connectivity index (χ0n) is 15.4. The Labute approximate surface area is 163 Å². The molecule has 0 spiro atoms. The molecule has 1 aromatic carbocycles. The number of rotatable bonds is 3. The first-order valence-electron chi connectivity index (χ1n) is 9.64. The van der Waals surface area contributed by atoms with E-state index in [1.807, 2.05) is 30.3 Å². The molecule has 1 aliphatic carbocycles. The monoisotopic (exact) mass is 372 g/mol. The Morgan fingerprint density at radius 1 is 1.00 bits per heavy atom. The number of nitrogens with zero attached hydrogens (tertiary/aromatic N) is 1. The molecule has 5 rings (SSSR count). The predicted molar refractivity (Wildman–Crippen MR) is 106 cm³/mol. The summed E-state index contributed by atoms with van der Waals surface area (Å²) in [6.07, 6.45) is 6.96. The van der Waals surface area contributed by atoms with Crippen molar-refractivity contribution in [3.05, 3.63) is 76.6 Å². The number of Topliss-reactive ketones (excluding diaryl/α,β-unsaturated/α-hetero) is 2. The van der Waals surface area contributed by atoms with Crippen LogP contribution < -0.4 is 5.32 Å². The molecule has 0 radical (unpaired) electrons. The first kappa shape index (κ1) is 17.1. The summed E-state index contributed by atoms with van der Waals surface area (Å²) in [5, 5.41) is 3.27. The number of ketones is 2. The number of nitrogens with one attached hydrogen (secondary N) is 1. The maximum absolute atomic E-state index is 13.4. The molecule has 5 heteroatoms. The summed E-state index contributed by atoms with van der Waals surface area (Å²) in [6, 6.07) is 9.43. The maximum Gasteiger partial charge on any atom is 0.211 e. The van der Waals surface area contributed by atoms with Gasteiger partial charge in [-0.25, -0.2) is 0 Å². The summed E-state index contributed by atoms with van der Waals surface area (Å²) < 4.78 is 6.25. The van der Waals surface area contributed by atoms with Crippen LogP contribution >= 0.6 is 0 Å². The first-order chi connectivity index (χ1) is 13.7. The minimum absolute atomic E-state index is 0.00997. The number of fused-ring (bicyclic) bond motifs is 1. The normalized spacial score (nSPS) is 21.6. The Morgan fingerprint density at radius 2 is 1.86 bits per heavy atom. The van der Waals surface area contributed by atoms with Crippen molar-refractivity contribution in [2.45, 2.75) is 25.4 Å². The highest BCUT2D eigenvalue weighted by Crippen LogP contribution is 2.40. The topological polar surface area (TPSA) is 68.3 Å². The van der Waals surface area contributed by atoms with Crippen LogP contribution in [-0.2, 0) is 16.0 Å². The third kappa shape index (κ3) is 2.79. The number of carbonyl (C=O) groups excluding carboxylic acids is 2. The van der Waals surface area contributed by atoms with Crippen LogP contribution in [-0.4, -0.2) is 35.7 Å². The van der Waals surface area contributed by atoms with E-state index in [0.29, 0.717) is 17.8 Å². The van der Waals surface area contributed by atoms with E-state index in [4.69, 9.17) is 4.74 Å². The SMILES string of the molecule is O=C1CCc2cc(C3=C(c4ccncc4)OC(C4=CCNCC4)C3=O)ccc21. The van der Waals surface area contributed by atoms with Crippen LogP contribution in [0.15, 0.2) is 54.4 Å². The molecule has 3 aliphatic rings. The van der Waals surface area contributed by atoms with Gasteiger partial charge in [0.2, 0.25) is 5.78 Å². The molecule has 0 saturated heterocycles. The average molecular weight is 372 g/mol. The molecule has 140 valence electrons. The van der Waals surface area contributed by atoms with Crippen molar-refractivity contribution in [1.29, 1.82) is 0 Å². The van der Waals surface area contributed by atoms with Crippen LogP contribution in [0.25, 0.3) is 11.3 Å². The lowest BCUT2D eigenvalue weighted by atomic mass is 9.91. The van der Waals surface area contributed by atoms with Gasteiger partial charge in [-0.2, -0.15) is 0 Å². The summed E-state index contributed by atoms with van der Waals surface area (Å²) in [5.74, 6) is 0.766. The molecule has 3 heterocycles. The van der Waals surface area contributed by atoms with Crippen molar-refractivity contribution in [2.75, 3.05) is 13.1 Å². The lowest BCUT2D eigenvalue weighted by molar-refractivity contribution is -0.118. The van der Waals surface area contributed by atoms with Gasteiger partial charge in [-0.1, -0.05) is 24.3 Å². The Bertz CT molecular complexity index is 1040. The molecule has 1 unspecified atom stereocenters. The quantitative estimate of drug-likeness (QED) is 0.839. The third-order valence-corrected chi connectivity index (χ3v) is 5.64. The van der Waals surface area contributed by atoms with Gasteiger partial charge in [0.15, 0.2) is 11.9 Å². The van der Waals surface area contributed by atoms with Gasteiger partial charge in [-0.05, 0) is 48.2 Å². The number of benzene rings is 1. The second-order valence-corrected chi connectivity index (χ2v) is 7.33. The molecule has 28 heavy (non-hydrogen) atoms. The van der Waals surface area contributed by atoms with Crippen LogP contribution in [0, 0.1) is 0 Å². The Kier molecular flexibility index (Phi) is 4.17. The summed E-state index contributed by atoms with van der Waals surface area (Å²) in [7, 11) is 0. The van der Waals surface area contributed by atoms with Gasteiger partial charge >= 0.3 is 0 Å². The highest BCUT2D eigenvalue weighted by Gasteiger charge is 2.39. The molecule has 0 fully saturated rings. The van der Waals surface area contributed by atoms with Gasteiger partial charge in [0.05, 0.1) is 5.57 Å². The van der Waals surface area contributed by atoms with Crippen LogP contribution in [0.2, 0.25) is 0 Å². The standard InChI is InChI=1S/C23H20N2O3/c26-19-4-2-16-13-17(1-3-18(16)19)20-21(27)23(15-7-11-25-12-8-15)28-22(20)14-5-9-24-10-6-14/h1,3,5-7,9-10,13,23,25H,2,4,8,11-12H2. The van der Waals surface area contributed by atoms with E-state index in [1.54, 1.807) is 12.4 Å². The highest BCUT2D eigenvalue weighted by molar-refractivity contribution is 6.32. The lowest BCUT2D eigenvalue weighted by Gasteiger charge is -2.19. The number of pyridine rings is 1. The largest absolute Gasteiger partial charge is 0.476 e. The number of hydrogen-bond donors (Lipinski definition) is 1. The second-order valence-electron chi connectivity index (χ2n) is 7.33. The van der Waals surface area contributed by atoms with E-state index in [2.05, 4.69) is 16.4 Å². The van der Waals surface area contributed by atoms with Crippen molar-refractivity contribution in [3.8, 4) is 0 Å².